The second kappa shape index (κ2) is 2.28. The van der Waals surface area contributed by atoms with E-state index < -0.39 is 6.17 Å². The van der Waals surface area contributed by atoms with Gasteiger partial charge in [0.05, 0.1) is 0 Å². The van der Waals surface area contributed by atoms with E-state index in [4.69, 9.17) is 0 Å². The molecule has 1 aliphatic rings. The average molecular weight is 130 g/mol. The van der Waals surface area contributed by atoms with E-state index in [1.54, 1.807) is 6.92 Å². The minimum Gasteiger partial charge on any atom is -0.247 e. The Kier molecular flexibility index (Phi) is 1.78. The Morgan fingerprint density at radius 2 is 1.78 bits per heavy atom. The predicted octanol–water partition coefficient (Wildman–Crippen LogP) is 2.64. The van der Waals surface area contributed by atoms with Gasteiger partial charge in [0.25, 0.3) is 0 Å². The molecule has 1 fully saturated rings. The molecule has 0 spiro atoms. The lowest BCUT2D eigenvalue weighted by molar-refractivity contribution is 0.298. The quantitative estimate of drug-likeness (QED) is 0.539. The first kappa shape index (κ1) is 7.04. The summed E-state index contributed by atoms with van der Waals surface area (Å²) in [6, 6.07) is 0. The third kappa shape index (κ3) is 1.44. The molecule has 1 heteroatoms. The van der Waals surface area contributed by atoms with Gasteiger partial charge in [0.15, 0.2) is 0 Å². The van der Waals surface area contributed by atoms with Crippen LogP contribution >= 0.6 is 0 Å². The Morgan fingerprint density at radius 1 is 1.22 bits per heavy atom. The largest absolute Gasteiger partial charge is 0.247 e. The van der Waals surface area contributed by atoms with E-state index in [1.807, 2.05) is 0 Å². The van der Waals surface area contributed by atoms with Crippen LogP contribution in [0.4, 0.5) is 4.39 Å². The van der Waals surface area contributed by atoms with Crippen molar-refractivity contribution in [3.8, 4) is 0 Å². The highest BCUT2D eigenvalue weighted by Crippen LogP contribution is 2.47. The van der Waals surface area contributed by atoms with Crippen molar-refractivity contribution in [1.29, 1.82) is 0 Å². The third-order valence-electron chi connectivity index (χ3n) is 2.34. The van der Waals surface area contributed by atoms with Crippen LogP contribution in [0.1, 0.15) is 27.2 Å². The highest BCUT2D eigenvalue weighted by atomic mass is 19.1. The van der Waals surface area contributed by atoms with Crippen LogP contribution in [0.5, 0.6) is 0 Å². The van der Waals surface area contributed by atoms with Crippen LogP contribution in [0.25, 0.3) is 0 Å². The molecule has 54 valence electrons. The van der Waals surface area contributed by atoms with Crippen molar-refractivity contribution in [2.45, 2.75) is 33.4 Å². The van der Waals surface area contributed by atoms with E-state index in [2.05, 4.69) is 13.8 Å². The molecule has 3 atom stereocenters. The first-order valence-corrected chi connectivity index (χ1v) is 3.77. The predicted molar refractivity (Wildman–Crippen MR) is 37.0 cm³/mol. The Hall–Kier alpha value is -0.0700. The maximum atomic E-state index is 12.5. The molecular formula is C8H15F. The summed E-state index contributed by atoms with van der Waals surface area (Å²) in [6.07, 6.45) is 0.549. The number of halogens is 1. The average Bonchev–Trinajstić information content (AvgIpc) is 2.39. The van der Waals surface area contributed by atoms with Crippen molar-refractivity contribution in [1.82, 2.24) is 0 Å². The van der Waals surface area contributed by atoms with Gasteiger partial charge in [-0.15, -0.1) is 0 Å². The number of hydrogen-bond donors (Lipinski definition) is 0. The van der Waals surface area contributed by atoms with Gasteiger partial charge < -0.3 is 0 Å². The fourth-order valence-corrected chi connectivity index (χ4v) is 1.53. The van der Waals surface area contributed by atoms with E-state index in [0.717, 1.165) is 6.42 Å². The standard InChI is InChI=1S/C8H15F/c1-5(2)7-4-8(7)6(3)9/h5-8H,4H2,1-3H3/t6?,7-,8-/m0/s1. The van der Waals surface area contributed by atoms with Crippen molar-refractivity contribution < 1.29 is 4.39 Å². The monoisotopic (exact) mass is 130 g/mol. The van der Waals surface area contributed by atoms with Crippen molar-refractivity contribution in [3.05, 3.63) is 0 Å². The summed E-state index contributed by atoms with van der Waals surface area (Å²) < 4.78 is 12.5. The smallest absolute Gasteiger partial charge is 0.100 e. The maximum Gasteiger partial charge on any atom is 0.100 e. The number of alkyl halides is 1. The SMILES string of the molecule is CC(C)[C@@H]1C[C@H]1C(C)F. The van der Waals surface area contributed by atoms with Gasteiger partial charge in [-0.3, -0.25) is 0 Å². The van der Waals surface area contributed by atoms with E-state index >= 15 is 0 Å². The lowest BCUT2D eigenvalue weighted by Gasteiger charge is -2.02. The van der Waals surface area contributed by atoms with Crippen molar-refractivity contribution in [2.24, 2.45) is 17.8 Å². The van der Waals surface area contributed by atoms with Gasteiger partial charge in [0, 0.05) is 0 Å². The zero-order chi connectivity index (χ0) is 7.02. The van der Waals surface area contributed by atoms with Crippen LogP contribution in [-0.2, 0) is 0 Å². The Balaban J connectivity index is 2.24. The van der Waals surface area contributed by atoms with Gasteiger partial charge in [0.2, 0.25) is 0 Å². The molecule has 0 saturated heterocycles. The van der Waals surface area contributed by atoms with Crippen LogP contribution in [0, 0.1) is 17.8 Å². The van der Waals surface area contributed by atoms with Gasteiger partial charge in [-0.05, 0) is 31.1 Å². The molecule has 1 saturated carbocycles. The van der Waals surface area contributed by atoms with Crippen molar-refractivity contribution >= 4 is 0 Å². The normalized spacial score (nSPS) is 37.0. The fraction of sp³-hybridized carbons (Fsp3) is 1.00. The molecule has 9 heavy (non-hydrogen) atoms. The number of rotatable bonds is 2. The van der Waals surface area contributed by atoms with E-state index in [9.17, 15) is 4.39 Å². The Bertz CT molecular complexity index is 84.7. The molecular weight excluding hydrogens is 115 g/mol. The first-order chi connectivity index (χ1) is 4.13. The van der Waals surface area contributed by atoms with Gasteiger partial charge in [-0.1, -0.05) is 13.8 Å². The van der Waals surface area contributed by atoms with Crippen LogP contribution in [0.2, 0.25) is 0 Å². The molecule has 1 rings (SSSR count). The molecule has 0 bridgehead atoms. The summed E-state index contributed by atoms with van der Waals surface area (Å²) in [5.74, 6) is 1.77. The van der Waals surface area contributed by atoms with Crippen LogP contribution in [0.3, 0.4) is 0 Å². The van der Waals surface area contributed by atoms with Crippen LogP contribution in [0.15, 0.2) is 0 Å². The summed E-state index contributed by atoms with van der Waals surface area (Å²) >= 11 is 0. The van der Waals surface area contributed by atoms with Crippen LogP contribution in [-0.4, -0.2) is 6.17 Å². The van der Waals surface area contributed by atoms with Gasteiger partial charge in [0.1, 0.15) is 6.17 Å². The summed E-state index contributed by atoms with van der Waals surface area (Å²) in [7, 11) is 0. The van der Waals surface area contributed by atoms with Gasteiger partial charge in [-0.2, -0.15) is 0 Å². The number of hydrogen-bond acceptors (Lipinski definition) is 0. The van der Waals surface area contributed by atoms with E-state index in [0.29, 0.717) is 17.8 Å². The summed E-state index contributed by atoms with van der Waals surface area (Å²) in [4.78, 5) is 0. The lowest BCUT2D eigenvalue weighted by Crippen LogP contribution is -2.01. The van der Waals surface area contributed by atoms with E-state index in [1.165, 1.54) is 0 Å². The summed E-state index contributed by atoms with van der Waals surface area (Å²) in [5.41, 5.74) is 0. The van der Waals surface area contributed by atoms with Crippen molar-refractivity contribution in [3.63, 3.8) is 0 Å². The van der Waals surface area contributed by atoms with Gasteiger partial charge >= 0.3 is 0 Å². The molecule has 0 aromatic rings. The van der Waals surface area contributed by atoms with Gasteiger partial charge in [-0.25, -0.2) is 4.39 Å². The lowest BCUT2D eigenvalue weighted by atomic mass is 10.1. The molecule has 0 aromatic heterocycles. The highest BCUT2D eigenvalue weighted by Gasteiger charge is 2.42. The molecule has 0 aliphatic heterocycles. The minimum atomic E-state index is -0.572. The molecule has 1 aliphatic carbocycles. The molecule has 1 unspecified atom stereocenters. The Morgan fingerprint density at radius 3 is 1.89 bits per heavy atom. The summed E-state index contributed by atoms with van der Waals surface area (Å²) in [5, 5.41) is 0. The molecule has 0 heterocycles. The van der Waals surface area contributed by atoms with Crippen molar-refractivity contribution in [2.75, 3.05) is 0 Å². The molecule has 0 N–H and O–H groups in total. The summed E-state index contributed by atoms with van der Waals surface area (Å²) in [6.45, 7) is 6.02. The van der Waals surface area contributed by atoms with Crippen LogP contribution < -0.4 is 0 Å². The second-order valence-corrected chi connectivity index (χ2v) is 3.48. The molecule has 0 radical (unpaired) electrons. The highest BCUT2D eigenvalue weighted by molar-refractivity contribution is 4.91. The van der Waals surface area contributed by atoms with E-state index in [-0.39, 0.29) is 0 Å². The zero-order valence-electron chi connectivity index (χ0n) is 6.39. The molecule has 0 amide bonds. The third-order valence-corrected chi connectivity index (χ3v) is 2.34. The minimum absolute atomic E-state index is 0.394. The first-order valence-electron chi connectivity index (χ1n) is 3.77. The fourth-order valence-electron chi connectivity index (χ4n) is 1.53. The molecule has 0 nitrogen and oxygen atoms in total. The zero-order valence-corrected chi connectivity index (χ0v) is 6.39. The second-order valence-electron chi connectivity index (χ2n) is 3.48. The topological polar surface area (TPSA) is 0 Å². The maximum absolute atomic E-state index is 12.5. The molecule has 0 aromatic carbocycles. The Labute approximate surface area is 56.5 Å².